The van der Waals surface area contributed by atoms with Gasteiger partial charge in [0, 0.05) is 34.3 Å². The molecule has 2 aromatic carbocycles. The molecule has 1 N–H and O–H groups in total. The fourth-order valence-corrected chi connectivity index (χ4v) is 5.96. The molecule has 1 saturated carbocycles. The highest BCUT2D eigenvalue weighted by molar-refractivity contribution is 5.99. The quantitative estimate of drug-likeness (QED) is 0.480. The molecule has 196 valence electrons. The van der Waals surface area contributed by atoms with Crippen LogP contribution in [0, 0.1) is 5.41 Å². The highest BCUT2D eigenvalue weighted by Crippen LogP contribution is 2.60. The van der Waals surface area contributed by atoms with Gasteiger partial charge in [-0.05, 0) is 43.0 Å². The van der Waals surface area contributed by atoms with Gasteiger partial charge >= 0.3 is 5.97 Å². The third-order valence-corrected chi connectivity index (χ3v) is 7.79. The Balaban J connectivity index is 1.17. The minimum absolute atomic E-state index is 0.0967. The summed E-state index contributed by atoms with van der Waals surface area (Å²) >= 11 is 0. The molecular formula is C27H25F2N5O4. The van der Waals surface area contributed by atoms with Gasteiger partial charge in [0.1, 0.15) is 6.04 Å². The van der Waals surface area contributed by atoms with Gasteiger partial charge in [0.2, 0.25) is 5.91 Å². The molecule has 3 aliphatic rings. The van der Waals surface area contributed by atoms with Crippen LogP contribution in [-0.4, -0.2) is 62.9 Å². The Morgan fingerprint density at radius 2 is 1.89 bits per heavy atom. The summed E-state index contributed by atoms with van der Waals surface area (Å²) in [5, 5.41) is 10.4. The first kappa shape index (κ1) is 24.2. The van der Waals surface area contributed by atoms with Crippen molar-refractivity contribution in [3.05, 3.63) is 71.5 Å². The number of carbonyl (C=O) groups excluding carboxylic acids is 3. The van der Waals surface area contributed by atoms with Gasteiger partial charge in [0.25, 0.3) is 11.8 Å². The number of alkyl halides is 2. The Hall–Kier alpha value is -4.15. The topological polar surface area (TPSA) is 106 Å². The molecule has 0 spiro atoms. The summed E-state index contributed by atoms with van der Waals surface area (Å²) in [6, 6.07) is 9.30. The van der Waals surface area contributed by atoms with E-state index in [4.69, 9.17) is 4.74 Å². The number of esters is 1. The van der Waals surface area contributed by atoms with Crippen molar-refractivity contribution in [2.75, 3.05) is 13.2 Å². The fraction of sp³-hybridized carbons (Fsp3) is 0.370. The highest BCUT2D eigenvalue weighted by Gasteiger charge is 2.67. The lowest BCUT2D eigenvalue weighted by Gasteiger charge is -2.26. The average molecular weight is 522 g/mol. The number of hydrogen-bond donors (Lipinski definition) is 1. The number of benzene rings is 2. The number of nitrogens with zero attached hydrogens (tertiary/aromatic N) is 4. The molecule has 2 amide bonds. The minimum Gasteiger partial charge on any atom is -0.464 e. The molecule has 1 aromatic heterocycles. The van der Waals surface area contributed by atoms with Gasteiger partial charge in [-0.15, -0.1) is 5.10 Å². The molecule has 2 aliphatic carbocycles. The zero-order chi connectivity index (χ0) is 26.7. The number of nitrogens with one attached hydrogen (secondary N) is 1. The molecule has 9 nitrogen and oxygen atoms in total. The van der Waals surface area contributed by atoms with Crippen LogP contribution in [-0.2, 0) is 26.8 Å². The maximum absolute atomic E-state index is 14.8. The van der Waals surface area contributed by atoms with Crippen molar-refractivity contribution in [1.29, 1.82) is 0 Å². The van der Waals surface area contributed by atoms with Gasteiger partial charge in [-0.3, -0.25) is 14.3 Å². The molecule has 6 rings (SSSR count). The molecule has 0 unspecified atom stereocenters. The summed E-state index contributed by atoms with van der Waals surface area (Å²) in [5.74, 6) is -4.59. The van der Waals surface area contributed by atoms with Crippen molar-refractivity contribution >= 4 is 17.8 Å². The Bertz CT molecular complexity index is 1440. The van der Waals surface area contributed by atoms with Crippen LogP contribution in [0.1, 0.15) is 41.3 Å². The fourth-order valence-electron chi connectivity index (χ4n) is 5.96. The number of amides is 2. The van der Waals surface area contributed by atoms with Crippen LogP contribution in [0.25, 0.3) is 11.1 Å². The van der Waals surface area contributed by atoms with Crippen LogP contribution in [0.15, 0.2) is 54.9 Å². The molecule has 1 saturated heterocycles. The molecule has 2 fully saturated rings. The van der Waals surface area contributed by atoms with Crippen molar-refractivity contribution in [1.82, 2.24) is 25.2 Å². The monoisotopic (exact) mass is 521 g/mol. The Morgan fingerprint density at radius 1 is 1.11 bits per heavy atom. The molecule has 11 heteroatoms. The van der Waals surface area contributed by atoms with Crippen LogP contribution in [0.4, 0.5) is 8.78 Å². The third-order valence-electron chi connectivity index (χ3n) is 7.79. The summed E-state index contributed by atoms with van der Waals surface area (Å²) in [6.07, 6.45) is 4.46. The van der Waals surface area contributed by atoms with Crippen molar-refractivity contribution in [3.63, 3.8) is 0 Å². The van der Waals surface area contributed by atoms with E-state index in [-0.39, 0.29) is 41.3 Å². The first-order chi connectivity index (χ1) is 18.2. The molecule has 0 radical (unpaired) electrons. The smallest absolute Gasteiger partial charge is 0.328 e. The number of rotatable bonds is 7. The molecular weight excluding hydrogens is 496 g/mol. The van der Waals surface area contributed by atoms with Crippen molar-refractivity contribution in [3.8, 4) is 11.1 Å². The minimum atomic E-state index is -3.14. The van der Waals surface area contributed by atoms with Gasteiger partial charge in [0.15, 0.2) is 0 Å². The molecule has 2 heterocycles. The lowest BCUT2D eigenvalue weighted by Crippen LogP contribution is -2.48. The lowest BCUT2D eigenvalue weighted by molar-refractivity contribution is -0.153. The van der Waals surface area contributed by atoms with E-state index in [2.05, 4.69) is 15.6 Å². The first-order valence-corrected chi connectivity index (χ1v) is 12.5. The Morgan fingerprint density at radius 3 is 2.66 bits per heavy atom. The zero-order valence-corrected chi connectivity index (χ0v) is 20.6. The normalized spacial score (nSPS) is 23.8. The summed E-state index contributed by atoms with van der Waals surface area (Å²) in [4.78, 5) is 40.4. The van der Waals surface area contributed by atoms with Crippen LogP contribution in [0.2, 0.25) is 0 Å². The Kier molecular flexibility index (Phi) is 5.55. The van der Waals surface area contributed by atoms with E-state index >= 15 is 0 Å². The van der Waals surface area contributed by atoms with Gasteiger partial charge in [-0.25, -0.2) is 4.79 Å². The number of piperidine rings is 1. The number of ether oxygens (including phenoxy) is 1. The van der Waals surface area contributed by atoms with E-state index in [1.54, 1.807) is 42.2 Å². The molecule has 3 aromatic rings. The van der Waals surface area contributed by atoms with E-state index < -0.39 is 29.7 Å². The van der Waals surface area contributed by atoms with Gasteiger partial charge < -0.3 is 15.0 Å². The van der Waals surface area contributed by atoms with E-state index in [9.17, 15) is 23.2 Å². The lowest BCUT2D eigenvalue weighted by atomic mass is 9.99. The van der Waals surface area contributed by atoms with Crippen molar-refractivity contribution in [2.24, 2.45) is 5.41 Å². The van der Waals surface area contributed by atoms with Crippen LogP contribution in [0.5, 0.6) is 0 Å². The predicted octanol–water partition coefficient (Wildman–Crippen LogP) is 2.75. The molecule has 3 atom stereocenters. The standard InChI is InChI=1S/C27H25F2N5O4/c1-2-38-25(37)21-12-26(15-33-10-9-31-32-33)13-22(26)34(21)23(35)14-30-24(36)16-7-8-20-18(11-16)17-5-3-4-6-19(17)27(20,28)29/h3-11,21-22H,2,12-15H2,1H3,(H,30,36)/t21-,22-,26+/m0/s1. The number of fused-ring (bicyclic) bond motifs is 4. The van der Waals surface area contributed by atoms with Crippen LogP contribution >= 0.6 is 0 Å². The largest absolute Gasteiger partial charge is 0.464 e. The van der Waals surface area contributed by atoms with Crippen molar-refractivity contribution < 1.29 is 27.9 Å². The molecule has 1 aliphatic heterocycles. The molecule has 0 bridgehead atoms. The van der Waals surface area contributed by atoms with E-state index in [0.29, 0.717) is 30.5 Å². The maximum atomic E-state index is 14.8. The highest BCUT2D eigenvalue weighted by atomic mass is 19.3. The predicted molar refractivity (Wildman–Crippen MR) is 130 cm³/mol. The van der Waals surface area contributed by atoms with Gasteiger partial charge in [0.05, 0.1) is 25.9 Å². The number of hydrogen-bond acceptors (Lipinski definition) is 6. The van der Waals surface area contributed by atoms with E-state index in [1.807, 2.05) is 0 Å². The summed E-state index contributed by atoms with van der Waals surface area (Å²) in [6.45, 7) is 2.07. The summed E-state index contributed by atoms with van der Waals surface area (Å²) in [7, 11) is 0. The number of likely N-dealkylation sites (tertiary alicyclic amines) is 1. The van der Waals surface area contributed by atoms with E-state index in [1.165, 1.54) is 29.2 Å². The van der Waals surface area contributed by atoms with Gasteiger partial charge in [-0.1, -0.05) is 35.5 Å². The number of carbonyl (C=O) groups is 3. The second-order valence-electron chi connectivity index (χ2n) is 10.0. The molecule has 38 heavy (non-hydrogen) atoms. The van der Waals surface area contributed by atoms with Gasteiger partial charge in [-0.2, -0.15) is 8.78 Å². The SMILES string of the molecule is CCOC(=O)[C@@H]1C[C@]2(Cn3ccnn3)C[C@@H]2N1C(=O)CNC(=O)c1ccc2c(c1)-c1ccccc1C2(F)F. The summed E-state index contributed by atoms with van der Waals surface area (Å²) < 4.78 is 36.6. The van der Waals surface area contributed by atoms with Crippen LogP contribution < -0.4 is 5.32 Å². The second-order valence-corrected chi connectivity index (χ2v) is 10.0. The second kappa shape index (κ2) is 8.71. The van der Waals surface area contributed by atoms with Crippen LogP contribution in [0.3, 0.4) is 0 Å². The average Bonchev–Trinajstić information content (AvgIpc) is 3.20. The zero-order valence-electron chi connectivity index (χ0n) is 20.6. The number of aromatic nitrogens is 3. The first-order valence-electron chi connectivity index (χ1n) is 12.5. The number of halogens is 2. The Labute approximate surface area is 216 Å². The third kappa shape index (κ3) is 3.75. The van der Waals surface area contributed by atoms with E-state index in [0.717, 1.165) is 0 Å². The summed E-state index contributed by atoms with van der Waals surface area (Å²) in [5.41, 5.74) is 0.286. The van der Waals surface area contributed by atoms with Crippen molar-refractivity contribution in [2.45, 2.75) is 44.3 Å². The maximum Gasteiger partial charge on any atom is 0.328 e.